The minimum Gasteiger partial charge on any atom is -0.366 e. The Morgan fingerprint density at radius 3 is 2.95 bits per heavy atom. The first-order chi connectivity index (χ1) is 9.61. The van der Waals surface area contributed by atoms with E-state index in [2.05, 4.69) is 14.9 Å². The molecule has 3 rings (SSSR count). The van der Waals surface area contributed by atoms with Crippen LogP contribution in [0.5, 0.6) is 0 Å². The van der Waals surface area contributed by atoms with Crippen LogP contribution in [-0.4, -0.2) is 22.0 Å². The summed E-state index contributed by atoms with van der Waals surface area (Å²) >= 11 is 1.58. The predicted molar refractivity (Wildman–Crippen MR) is 81.2 cm³/mol. The van der Waals surface area contributed by atoms with Crippen LogP contribution in [0.2, 0.25) is 0 Å². The van der Waals surface area contributed by atoms with E-state index in [0.29, 0.717) is 11.6 Å². The Hall–Kier alpha value is -1.82. The summed E-state index contributed by atoms with van der Waals surface area (Å²) in [7, 11) is 0. The first kappa shape index (κ1) is 13.2. The van der Waals surface area contributed by atoms with Gasteiger partial charge in [-0.3, -0.25) is 4.79 Å². The molecule has 3 N–H and O–H groups in total. The zero-order valence-electron chi connectivity index (χ0n) is 11.6. The van der Waals surface area contributed by atoms with Crippen LogP contribution in [0.25, 0.3) is 11.4 Å². The van der Waals surface area contributed by atoms with Crippen LogP contribution in [-0.2, 0) is 0 Å². The zero-order valence-corrected chi connectivity index (χ0v) is 12.5. The number of thiazole rings is 1. The van der Waals surface area contributed by atoms with E-state index < -0.39 is 0 Å². The lowest BCUT2D eigenvalue weighted by molar-refractivity contribution is 0.0999. The molecule has 0 saturated heterocycles. The molecule has 0 unspecified atom stereocenters. The number of nitrogens with zero attached hydrogens (tertiary/aromatic N) is 2. The highest BCUT2D eigenvalue weighted by atomic mass is 32.1. The number of hydrogen-bond donors (Lipinski definition) is 2. The van der Waals surface area contributed by atoms with E-state index >= 15 is 0 Å². The van der Waals surface area contributed by atoms with Crippen LogP contribution >= 0.6 is 11.3 Å². The Kier molecular flexibility index (Phi) is 3.25. The van der Waals surface area contributed by atoms with Crippen LogP contribution in [0.3, 0.4) is 0 Å². The second-order valence-electron chi connectivity index (χ2n) is 5.06. The van der Waals surface area contributed by atoms with Crippen molar-refractivity contribution < 1.29 is 4.79 Å². The van der Waals surface area contributed by atoms with Crippen LogP contribution in [0.1, 0.15) is 41.9 Å². The minimum atomic E-state index is -0.370. The lowest BCUT2D eigenvalue weighted by Gasteiger charge is -2.08. The maximum atomic E-state index is 11.5. The third-order valence-corrected chi connectivity index (χ3v) is 4.36. The number of primary amides is 1. The first-order valence-electron chi connectivity index (χ1n) is 6.83. The van der Waals surface area contributed by atoms with E-state index in [4.69, 9.17) is 5.73 Å². The number of aromatic nitrogens is 2. The molecule has 0 bridgehead atoms. The van der Waals surface area contributed by atoms with Gasteiger partial charge in [-0.05, 0) is 32.8 Å². The van der Waals surface area contributed by atoms with E-state index in [1.54, 1.807) is 11.3 Å². The van der Waals surface area contributed by atoms with Crippen molar-refractivity contribution >= 4 is 22.4 Å². The molecule has 2 heterocycles. The van der Waals surface area contributed by atoms with Gasteiger partial charge in [-0.25, -0.2) is 4.98 Å². The minimum absolute atomic E-state index is 0.370. The number of nitrogens with one attached hydrogen (secondary N) is 1. The Morgan fingerprint density at radius 2 is 2.35 bits per heavy atom. The largest absolute Gasteiger partial charge is 0.366 e. The number of rotatable bonds is 5. The van der Waals surface area contributed by atoms with Crippen molar-refractivity contribution in [3.05, 3.63) is 22.7 Å². The van der Waals surface area contributed by atoms with Gasteiger partial charge in [0.05, 0.1) is 17.0 Å². The summed E-state index contributed by atoms with van der Waals surface area (Å²) in [4.78, 5) is 16.1. The molecule has 0 atom stereocenters. The summed E-state index contributed by atoms with van der Waals surface area (Å²) in [6.07, 6.45) is 2.32. The van der Waals surface area contributed by atoms with E-state index in [1.165, 1.54) is 0 Å². The van der Waals surface area contributed by atoms with Crippen LogP contribution in [0.4, 0.5) is 5.13 Å². The van der Waals surface area contributed by atoms with Gasteiger partial charge in [0.15, 0.2) is 5.13 Å². The molecular formula is C14H18N4OS. The maximum Gasteiger partial charge on any atom is 0.250 e. The van der Waals surface area contributed by atoms with Gasteiger partial charge in [0.1, 0.15) is 0 Å². The van der Waals surface area contributed by atoms with Gasteiger partial charge in [-0.15, -0.1) is 11.3 Å². The van der Waals surface area contributed by atoms with Crippen molar-refractivity contribution in [2.75, 3.05) is 11.9 Å². The molecule has 0 spiro atoms. The molecule has 5 nitrogen and oxygen atoms in total. The fraction of sp³-hybridized carbons (Fsp3) is 0.429. The Morgan fingerprint density at radius 1 is 1.60 bits per heavy atom. The lowest BCUT2D eigenvalue weighted by atomic mass is 10.2. The molecular weight excluding hydrogens is 272 g/mol. The number of amides is 1. The normalized spacial score (nSPS) is 14.5. The average molecular weight is 290 g/mol. The van der Waals surface area contributed by atoms with Gasteiger partial charge in [0, 0.05) is 23.7 Å². The van der Waals surface area contributed by atoms with Crippen molar-refractivity contribution in [2.45, 2.75) is 32.7 Å². The highest BCUT2D eigenvalue weighted by Crippen LogP contribution is 2.41. The first-order valence-corrected chi connectivity index (χ1v) is 7.71. The third-order valence-electron chi connectivity index (χ3n) is 3.56. The summed E-state index contributed by atoms with van der Waals surface area (Å²) in [5, 5.41) is 6.14. The van der Waals surface area contributed by atoms with Gasteiger partial charge < -0.3 is 15.6 Å². The molecule has 1 aliphatic carbocycles. The average Bonchev–Trinajstić information content (AvgIpc) is 3.02. The maximum absolute atomic E-state index is 11.5. The SMILES string of the molecule is CCNc1nc(-c2cc(C(N)=O)c(C)n2C2CC2)cs1. The highest BCUT2D eigenvalue weighted by Gasteiger charge is 2.30. The number of carbonyl (C=O) groups is 1. The van der Waals surface area contributed by atoms with E-state index in [-0.39, 0.29) is 5.91 Å². The zero-order chi connectivity index (χ0) is 14.3. The molecule has 0 radical (unpaired) electrons. The fourth-order valence-corrected chi connectivity index (χ4v) is 3.27. The second-order valence-corrected chi connectivity index (χ2v) is 5.92. The monoisotopic (exact) mass is 290 g/mol. The van der Waals surface area contributed by atoms with Gasteiger partial charge in [-0.2, -0.15) is 0 Å². The topological polar surface area (TPSA) is 72.9 Å². The molecule has 2 aromatic heterocycles. The van der Waals surface area contributed by atoms with Gasteiger partial charge >= 0.3 is 0 Å². The van der Waals surface area contributed by atoms with E-state index in [1.807, 2.05) is 25.3 Å². The highest BCUT2D eigenvalue weighted by molar-refractivity contribution is 7.14. The summed E-state index contributed by atoms with van der Waals surface area (Å²) in [6.45, 7) is 4.85. The molecule has 2 aromatic rings. The molecule has 106 valence electrons. The predicted octanol–water partition coefficient (Wildman–Crippen LogP) is 2.79. The molecule has 6 heteroatoms. The van der Waals surface area contributed by atoms with Gasteiger partial charge in [-0.1, -0.05) is 0 Å². The van der Waals surface area contributed by atoms with Crippen LogP contribution in [0.15, 0.2) is 11.4 Å². The molecule has 1 amide bonds. The molecule has 0 aliphatic heterocycles. The molecule has 20 heavy (non-hydrogen) atoms. The number of nitrogens with two attached hydrogens (primary N) is 1. The number of hydrogen-bond acceptors (Lipinski definition) is 4. The van der Waals surface area contributed by atoms with Crippen molar-refractivity contribution in [1.29, 1.82) is 0 Å². The fourth-order valence-electron chi connectivity index (χ4n) is 2.50. The van der Waals surface area contributed by atoms with Crippen LogP contribution < -0.4 is 11.1 Å². The summed E-state index contributed by atoms with van der Waals surface area (Å²) < 4.78 is 2.21. The molecule has 0 aromatic carbocycles. The summed E-state index contributed by atoms with van der Waals surface area (Å²) in [5.74, 6) is -0.370. The van der Waals surface area contributed by atoms with Gasteiger partial charge in [0.2, 0.25) is 0 Å². The Balaban J connectivity index is 2.07. The van der Waals surface area contributed by atoms with Crippen molar-refractivity contribution in [2.24, 2.45) is 5.73 Å². The quantitative estimate of drug-likeness (QED) is 0.889. The summed E-state index contributed by atoms with van der Waals surface area (Å²) in [5.41, 5.74) is 8.93. The van der Waals surface area contributed by atoms with Crippen LogP contribution in [0, 0.1) is 6.92 Å². The van der Waals surface area contributed by atoms with Gasteiger partial charge in [0.25, 0.3) is 5.91 Å². The molecule has 1 aliphatic rings. The van der Waals surface area contributed by atoms with E-state index in [9.17, 15) is 4.79 Å². The third kappa shape index (κ3) is 2.20. The smallest absolute Gasteiger partial charge is 0.250 e. The van der Waals surface area contributed by atoms with Crippen molar-refractivity contribution in [1.82, 2.24) is 9.55 Å². The lowest BCUT2D eigenvalue weighted by Crippen LogP contribution is -2.12. The Labute approximate surface area is 121 Å². The molecule has 1 fully saturated rings. The van der Waals surface area contributed by atoms with Crippen molar-refractivity contribution in [3.8, 4) is 11.4 Å². The standard InChI is InChI=1S/C14H18N4OS/c1-3-16-14-17-11(7-20-14)12-6-10(13(15)19)8(2)18(12)9-4-5-9/h6-7,9H,3-5H2,1-2H3,(H2,15,19)(H,16,17). The second kappa shape index (κ2) is 4.94. The van der Waals surface area contributed by atoms with E-state index in [0.717, 1.165) is 41.6 Å². The summed E-state index contributed by atoms with van der Waals surface area (Å²) in [6, 6.07) is 2.36. The number of anilines is 1. The Bertz CT molecular complexity index is 654. The number of carbonyl (C=O) groups excluding carboxylic acids is 1. The molecule has 1 saturated carbocycles. The van der Waals surface area contributed by atoms with Crippen molar-refractivity contribution in [3.63, 3.8) is 0 Å².